The molecule has 0 bridgehead atoms. The van der Waals surface area contributed by atoms with Crippen LogP contribution in [0.3, 0.4) is 0 Å². The maximum Gasteiger partial charge on any atom is 0.276 e. The van der Waals surface area contributed by atoms with Gasteiger partial charge in [-0.15, -0.1) is 5.10 Å². The van der Waals surface area contributed by atoms with Crippen molar-refractivity contribution in [1.29, 1.82) is 0 Å². The first-order valence-electron chi connectivity index (χ1n) is 9.97. The van der Waals surface area contributed by atoms with Gasteiger partial charge >= 0.3 is 0 Å². The molecule has 1 aliphatic heterocycles. The van der Waals surface area contributed by atoms with Crippen LogP contribution in [0.2, 0.25) is 0 Å². The molecule has 156 valence electrons. The molecule has 2 aromatic heterocycles. The van der Waals surface area contributed by atoms with Crippen molar-refractivity contribution >= 4 is 17.7 Å². The van der Waals surface area contributed by atoms with Crippen LogP contribution in [0.4, 0.5) is 0 Å². The van der Waals surface area contributed by atoms with Crippen LogP contribution in [-0.4, -0.2) is 55.5 Å². The van der Waals surface area contributed by atoms with E-state index in [0.717, 1.165) is 42.9 Å². The number of rotatable bonds is 6. The largest absolute Gasteiger partial charge is 0.497 e. The second-order valence-corrected chi connectivity index (χ2v) is 8.10. The topological polar surface area (TPSA) is 86.0 Å². The molecule has 30 heavy (non-hydrogen) atoms. The minimum absolute atomic E-state index is 0.0634. The predicted molar refractivity (Wildman–Crippen MR) is 114 cm³/mol. The third-order valence-electron chi connectivity index (χ3n) is 5.23. The first-order chi connectivity index (χ1) is 14.7. The van der Waals surface area contributed by atoms with Crippen molar-refractivity contribution in [2.24, 2.45) is 0 Å². The lowest BCUT2D eigenvalue weighted by atomic mass is 10.0. The van der Waals surface area contributed by atoms with Gasteiger partial charge in [0.05, 0.1) is 18.5 Å². The first-order valence-corrected chi connectivity index (χ1v) is 11.0. The molecular weight excluding hydrogens is 400 g/mol. The lowest BCUT2D eigenvalue weighted by Crippen LogP contribution is -2.42. The zero-order chi connectivity index (χ0) is 20.9. The summed E-state index contributed by atoms with van der Waals surface area (Å²) in [6.07, 6.45) is 6.59. The fraction of sp³-hybridized carbons (Fsp3) is 0.381. The smallest absolute Gasteiger partial charge is 0.276 e. The van der Waals surface area contributed by atoms with Crippen LogP contribution in [0, 0.1) is 0 Å². The monoisotopic (exact) mass is 424 g/mol. The Balaban J connectivity index is 1.68. The van der Waals surface area contributed by atoms with Gasteiger partial charge in [-0.2, -0.15) is 0 Å². The minimum atomic E-state index is -0.0634. The molecule has 0 radical (unpaired) electrons. The van der Waals surface area contributed by atoms with E-state index in [1.54, 1.807) is 30.3 Å². The Morgan fingerprint density at radius 3 is 2.67 bits per heavy atom. The van der Waals surface area contributed by atoms with Crippen LogP contribution in [0.1, 0.15) is 42.4 Å². The lowest BCUT2D eigenvalue weighted by molar-refractivity contribution is 0.0628. The highest BCUT2D eigenvalue weighted by Crippen LogP contribution is 2.26. The van der Waals surface area contributed by atoms with Crippen LogP contribution in [0.5, 0.6) is 5.75 Å². The third kappa shape index (κ3) is 4.30. The number of methoxy groups -OCH3 is 1. The number of piperidine rings is 1. The summed E-state index contributed by atoms with van der Waals surface area (Å²) in [6, 6.07) is 9.51. The Kier molecular flexibility index (Phi) is 6.27. The van der Waals surface area contributed by atoms with Crippen LogP contribution in [0.15, 0.2) is 47.9 Å². The van der Waals surface area contributed by atoms with Crippen LogP contribution in [0.25, 0.3) is 5.69 Å². The van der Waals surface area contributed by atoms with E-state index in [1.165, 1.54) is 11.8 Å². The number of thioether (sulfide) groups is 1. The molecule has 0 aliphatic carbocycles. The molecule has 1 aromatic carbocycles. The lowest BCUT2D eigenvalue weighted by Gasteiger charge is -2.33. The van der Waals surface area contributed by atoms with Gasteiger partial charge in [0.2, 0.25) is 0 Å². The van der Waals surface area contributed by atoms with Gasteiger partial charge in [0, 0.05) is 30.7 Å². The maximum atomic E-state index is 13.3. The minimum Gasteiger partial charge on any atom is -0.497 e. The van der Waals surface area contributed by atoms with Gasteiger partial charge in [-0.3, -0.25) is 4.79 Å². The van der Waals surface area contributed by atoms with Crippen molar-refractivity contribution in [3.63, 3.8) is 0 Å². The number of aromatic nitrogens is 5. The van der Waals surface area contributed by atoms with Crippen LogP contribution >= 0.6 is 11.8 Å². The van der Waals surface area contributed by atoms with Gasteiger partial charge in [0.15, 0.2) is 10.9 Å². The highest BCUT2D eigenvalue weighted by Gasteiger charge is 2.29. The first kappa shape index (κ1) is 20.3. The molecule has 1 atom stereocenters. The molecule has 0 spiro atoms. The molecular formula is C21H24N6O2S. The number of amides is 1. The van der Waals surface area contributed by atoms with Crippen LogP contribution in [-0.2, 0) is 5.75 Å². The number of benzene rings is 1. The summed E-state index contributed by atoms with van der Waals surface area (Å²) in [6.45, 7) is 2.85. The van der Waals surface area contributed by atoms with Gasteiger partial charge in [0.25, 0.3) is 5.91 Å². The van der Waals surface area contributed by atoms with E-state index in [0.29, 0.717) is 16.6 Å². The molecule has 1 aliphatic rings. The summed E-state index contributed by atoms with van der Waals surface area (Å²) < 4.78 is 6.97. The van der Waals surface area contributed by atoms with E-state index in [-0.39, 0.29) is 11.9 Å². The number of likely N-dealkylation sites (tertiary alicyclic amines) is 1. The SMILES string of the molecule is COc1ccc(-n2nnc(C(=O)N3CCCCC3C)c2CSc2ncccn2)cc1. The molecule has 1 unspecified atom stereocenters. The zero-order valence-corrected chi connectivity index (χ0v) is 17.9. The highest BCUT2D eigenvalue weighted by molar-refractivity contribution is 7.98. The van der Waals surface area contributed by atoms with E-state index in [1.807, 2.05) is 29.2 Å². The average Bonchev–Trinajstić information content (AvgIpc) is 3.22. The number of ether oxygens (including phenoxy) is 1. The Bertz CT molecular complexity index is 992. The van der Waals surface area contributed by atoms with Gasteiger partial charge in [-0.25, -0.2) is 14.6 Å². The van der Waals surface area contributed by atoms with Crippen molar-refractivity contribution < 1.29 is 9.53 Å². The normalized spacial score (nSPS) is 16.5. The van der Waals surface area contributed by atoms with Crippen molar-refractivity contribution in [3.05, 3.63) is 54.1 Å². The molecule has 3 heterocycles. The average molecular weight is 425 g/mol. The molecule has 0 N–H and O–H groups in total. The second kappa shape index (κ2) is 9.25. The summed E-state index contributed by atoms with van der Waals surface area (Å²) in [5.74, 6) is 1.17. The fourth-order valence-corrected chi connectivity index (χ4v) is 4.35. The predicted octanol–water partition coefficient (Wildman–Crippen LogP) is 3.37. The zero-order valence-electron chi connectivity index (χ0n) is 17.1. The summed E-state index contributed by atoms with van der Waals surface area (Å²) in [7, 11) is 1.63. The fourth-order valence-electron chi connectivity index (χ4n) is 3.56. The Labute approximate surface area is 179 Å². The van der Waals surface area contributed by atoms with Crippen molar-refractivity contribution in [1.82, 2.24) is 29.9 Å². The Morgan fingerprint density at radius 1 is 1.20 bits per heavy atom. The molecule has 0 saturated carbocycles. The number of hydrogen-bond donors (Lipinski definition) is 0. The molecule has 3 aromatic rings. The van der Waals surface area contributed by atoms with E-state index in [9.17, 15) is 4.79 Å². The van der Waals surface area contributed by atoms with Crippen LogP contribution < -0.4 is 4.74 Å². The van der Waals surface area contributed by atoms with Crippen molar-refractivity contribution in [2.45, 2.75) is 43.1 Å². The maximum absolute atomic E-state index is 13.3. The Morgan fingerprint density at radius 2 is 1.97 bits per heavy atom. The molecule has 4 rings (SSSR count). The summed E-state index contributed by atoms with van der Waals surface area (Å²) >= 11 is 1.46. The standard InChI is InChI=1S/C21H24N6O2S/c1-15-6-3-4-13-26(15)20(28)19-18(14-30-21-22-11-5-12-23-21)27(25-24-19)16-7-9-17(29-2)10-8-16/h5,7-12,15H,3-4,6,13-14H2,1-2H3. The van der Waals surface area contributed by atoms with E-state index in [2.05, 4.69) is 27.2 Å². The van der Waals surface area contributed by atoms with Gasteiger partial charge < -0.3 is 9.64 Å². The molecule has 1 saturated heterocycles. The van der Waals surface area contributed by atoms with Gasteiger partial charge in [0.1, 0.15) is 5.75 Å². The number of carbonyl (C=O) groups is 1. The number of hydrogen-bond acceptors (Lipinski definition) is 7. The molecule has 8 nitrogen and oxygen atoms in total. The van der Waals surface area contributed by atoms with E-state index < -0.39 is 0 Å². The molecule has 1 amide bonds. The van der Waals surface area contributed by atoms with Gasteiger partial charge in [-0.1, -0.05) is 17.0 Å². The van der Waals surface area contributed by atoms with Crippen molar-refractivity contribution in [3.8, 4) is 11.4 Å². The summed E-state index contributed by atoms with van der Waals surface area (Å²) in [5, 5.41) is 9.26. The summed E-state index contributed by atoms with van der Waals surface area (Å²) in [5.41, 5.74) is 1.95. The molecule has 1 fully saturated rings. The molecule has 9 heteroatoms. The Hall–Kier alpha value is -2.94. The highest BCUT2D eigenvalue weighted by atomic mass is 32.2. The second-order valence-electron chi connectivity index (χ2n) is 7.16. The number of carbonyl (C=O) groups excluding carboxylic acids is 1. The summed E-state index contributed by atoms with van der Waals surface area (Å²) in [4.78, 5) is 23.8. The van der Waals surface area contributed by atoms with E-state index in [4.69, 9.17) is 4.74 Å². The quantitative estimate of drug-likeness (QED) is 0.443. The number of nitrogens with zero attached hydrogens (tertiary/aromatic N) is 6. The van der Waals surface area contributed by atoms with Gasteiger partial charge in [-0.05, 0) is 56.5 Å². The third-order valence-corrected chi connectivity index (χ3v) is 6.11. The van der Waals surface area contributed by atoms with E-state index >= 15 is 0 Å². The van der Waals surface area contributed by atoms with Crippen molar-refractivity contribution in [2.75, 3.05) is 13.7 Å².